The largest absolute Gasteiger partial charge is 0.477 e. The molecular weight excluding hydrogens is 422 g/mol. The molecule has 31 heavy (non-hydrogen) atoms. The third-order valence-corrected chi connectivity index (χ3v) is 8.85. The Kier molecular flexibility index (Phi) is 4.25. The molecule has 5 aliphatic rings. The zero-order chi connectivity index (χ0) is 21.1. The van der Waals surface area contributed by atoms with E-state index in [1.807, 2.05) is 0 Å². The molecule has 1 spiro atoms. The summed E-state index contributed by atoms with van der Waals surface area (Å²) in [6.07, 6.45) is 3.48. The van der Waals surface area contributed by atoms with Gasteiger partial charge >= 0.3 is 10.4 Å². The first-order chi connectivity index (χ1) is 14.1. The summed E-state index contributed by atoms with van der Waals surface area (Å²) >= 11 is 0. The molecule has 8 nitrogen and oxygen atoms in total. The van der Waals surface area contributed by atoms with Crippen molar-refractivity contribution in [2.24, 2.45) is 5.92 Å². The second kappa shape index (κ2) is 6.21. The van der Waals surface area contributed by atoms with Gasteiger partial charge in [0, 0.05) is 30.7 Å². The van der Waals surface area contributed by atoms with Crippen LogP contribution in [0.1, 0.15) is 43.2 Å². The monoisotopic (exact) mass is 451 g/mol. The van der Waals surface area contributed by atoms with Gasteiger partial charge in [0.25, 0.3) is 0 Å². The molecule has 6 rings (SSSR count). The first kappa shape index (κ1) is 21.2. The molecule has 2 saturated carbocycles. The minimum absolute atomic E-state index is 0. The topological polar surface area (TPSA) is 110 Å². The zero-order valence-corrected chi connectivity index (χ0v) is 18.7. The molecule has 1 saturated heterocycles. The van der Waals surface area contributed by atoms with Gasteiger partial charge in [-0.25, -0.2) is 0 Å². The van der Waals surface area contributed by atoms with Gasteiger partial charge in [-0.15, -0.1) is 0 Å². The van der Waals surface area contributed by atoms with Crippen molar-refractivity contribution in [3.63, 3.8) is 0 Å². The maximum atomic E-state index is 13.0. The molecular formula is C22H29NO7S. The van der Waals surface area contributed by atoms with Crippen LogP contribution >= 0.6 is 0 Å². The number of likely N-dealkylation sites (tertiary alicyclic amines) is 1. The molecule has 3 aliphatic carbocycles. The number of hydrogen-bond acceptors (Lipinski definition) is 6. The van der Waals surface area contributed by atoms with Crippen molar-refractivity contribution < 1.29 is 36.3 Å². The van der Waals surface area contributed by atoms with E-state index in [2.05, 4.69) is 7.05 Å². The standard InChI is InChI=1S/C21H25NO7S.CH3/c1-22(11-12-2-3-12)9-8-20-17-13-4-5-15(29-30(25,26)27)18(17)28-19(20)14(23)6-7-21(20,24)16(22)10-13;/h4-5,12,16,19,24H,2-3,6-11H2,1H3;1H3/q;-1/p+1/t16-,19+,20+,21-,22-;/m1./s1. The van der Waals surface area contributed by atoms with Crippen LogP contribution in [0.3, 0.4) is 0 Å². The third kappa shape index (κ3) is 2.63. The summed E-state index contributed by atoms with van der Waals surface area (Å²) in [7, 11) is -2.51. The van der Waals surface area contributed by atoms with Crippen LogP contribution < -0.4 is 8.92 Å². The van der Waals surface area contributed by atoms with E-state index in [0.717, 1.165) is 23.1 Å². The minimum atomic E-state index is -4.75. The van der Waals surface area contributed by atoms with E-state index in [-0.39, 0.29) is 37.2 Å². The van der Waals surface area contributed by atoms with Crippen molar-refractivity contribution in [2.75, 3.05) is 20.1 Å². The Balaban J connectivity index is 0.00000204. The SMILES string of the molecule is C[N@+]1(CC2CC2)CC[C@]23c4c5ccc(OS(=O)(=O)O)c4O[C@H]2C(=O)CC[C@@]3(O)[C@H]1C5.[CH3-]. The number of nitrogens with zero attached hydrogens (tertiary/aromatic N) is 1. The van der Waals surface area contributed by atoms with Crippen molar-refractivity contribution in [3.8, 4) is 11.5 Å². The lowest BCUT2D eigenvalue weighted by atomic mass is 9.48. The summed E-state index contributed by atoms with van der Waals surface area (Å²) in [5, 5.41) is 12.3. The fraction of sp³-hybridized carbons (Fsp3) is 0.636. The highest BCUT2D eigenvalue weighted by Crippen LogP contribution is 2.66. The molecule has 5 atom stereocenters. The van der Waals surface area contributed by atoms with E-state index >= 15 is 0 Å². The summed E-state index contributed by atoms with van der Waals surface area (Å²) in [5.41, 5.74) is -0.323. The number of benzene rings is 1. The van der Waals surface area contributed by atoms with Gasteiger partial charge in [-0.1, -0.05) is 6.07 Å². The normalized spacial score (nSPS) is 39.9. The van der Waals surface area contributed by atoms with Gasteiger partial charge in [0.15, 0.2) is 23.4 Å². The number of rotatable bonds is 4. The third-order valence-electron chi connectivity index (χ3n) is 8.46. The van der Waals surface area contributed by atoms with Crippen LogP contribution in [0.2, 0.25) is 0 Å². The smallest absolute Gasteiger partial charge is 0.446 e. The fourth-order valence-corrected chi connectivity index (χ4v) is 7.47. The Labute approximate surface area is 182 Å². The highest BCUT2D eigenvalue weighted by atomic mass is 32.3. The van der Waals surface area contributed by atoms with Crippen LogP contribution in [0.15, 0.2) is 12.1 Å². The predicted molar refractivity (Wildman–Crippen MR) is 111 cm³/mol. The van der Waals surface area contributed by atoms with E-state index < -0.39 is 27.5 Å². The quantitative estimate of drug-likeness (QED) is 0.406. The Bertz CT molecular complexity index is 1080. The van der Waals surface area contributed by atoms with Crippen LogP contribution in [0.5, 0.6) is 11.5 Å². The molecule has 0 unspecified atom stereocenters. The Morgan fingerprint density at radius 3 is 2.71 bits per heavy atom. The predicted octanol–water partition coefficient (Wildman–Crippen LogP) is 1.60. The van der Waals surface area contributed by atoms with Crippen molar-refractivity contribution in [1.82, 2.24) is 0 Å². The Hall–Kier alpha value is -1.68. The number of Topliss-reactive ketones (excluding diaryl/α,β-unsaturated/α-hetero) is 1. The lowest BCUT2D eigenvalue weighted by Crippen LogP contribution is -2.80. The molecule has 0 amide bonds. The van der Waals surface area contributed by atoms with E-state index in [9.17, 15) is 22.9 Å². The van der Waals surface area contributed by atoms with Crippen LogP contribution in [-0.4, -0.2) is 66.2 Å². The van der Waals surface area contributed by atoms with E-state index in [4.69, 9.17) is 8.92 Å². The van der Waals surface area contributed by atoms with Gasteiger partial charge in [-0.05, 0) is 30.9 Å². The van der Waals surface area contributed by atoms with Crippen molar-refractivity contribution in [1.29, 1.82) is 0 Å². The maximum Gasteiger partial charge on any atom is 0.446 e. The van der Waals surface area contributed by atoms with E-state index in [1.54, 1.807) is 6.07 Å². The minimum Gasteiger partial charge on any atom is -0.477 e. The highest BCUT2D eigenvalue weighted by molar-refractivity contribution is 7.81. The average molecular weight is 452 g/mol. The fourth-order valence-electron chi connectivity index (χ4n) is 7.11. The number of ether oxygens (including phenoxy) is 1. The Morgan fingerprint density at radius 1 is 1.29 bits per heavy atom. The van der Waals surface area contributed by atoms with Gasteiger partial charge in [-0.2, -0.15) is 8.42 Å². The number of hydrogen-bond donors (Lipinski definition) is 2. The molecule has 2 heterocycles. The molecule has 1 aromatic carbocycles. The van der Waals surface area contributed by atoms with Gasteiger partial charge in [0.1, 0.15) is 11.6 Å². The molecule has 2 aliphatic heterocycles. The number of carbonyl (C=O) groups is 1. The van der Waals surface area contributed by atoms with Gasteiger partial charge < -0.3 is 25.9 Å². The molecule has 0 radical (unpaired) electrons. The number of quaternary nitrogens is 1. The van der Waals surface area contributed by atoms with Crippen LogP contribution in [0.4, 0.5) is 0 Å². The van der Waals surface area contributed by atoms with Gasteiger partial charge in [0.05, 0.1) is 25.6 Å². The van der Waals surface area contributed by atoms with Gasteiger partial charge in [0.2, 0.25) is 0 Å². The lowest BCUT2D eigenvalue weighted by Gasteiger charge is -2.64. The summed E-state index contributed by atoms with van der Waals surface area (Å²) in [4.78, 5) is 13.0. The molecule has 3 fully saturated rings. The first-order valence-corrected chi connectivity index (χ1v) is 12.0. The van der Waals surface area contributed by atoms with Crippen molar-refractivity contribution in [2.45, 2.75) is 61.7 Å². The summed E-state index contributed by atoms with van der Waals surface area (Å²) in [6.45, 7) is 1.87. The van der Waals surface area contributed by atoms with Crippen molar-refractivity contribution >= 4 is 16.2 Å². The first-order valence-electron chi connectivity index (χ1n) is 10.7. The van der Waals surface area contributed by atoms with Crippen LogP contribution in [0, 0.1) is 13.3 Å². The van der Waals surface area contributed by atoms with E-state index in [1.165, 1.54) is 18.9 Å². The number of ketones is 1. The summed E-state index contributed by atoms with van der Waals surface area (Å²) in [5.74, 6) is 0.685. The van der Waals surface area contributed by atoms with Crippen molar-refractivity contribution in [3.05, 3.63) is 30.7 Å². The van der Waals surface area contributed by atoms with Gasteiger partial charge in [-0.3, -0.25) is 9.35 Å². The molecule has 2 bridgehead atoms. The second-order valence-electron chi connectivity index (χ2n) is 10.1. The number of carbonyl (C=O) groups excluding carboxylic acids is 1. The number of piperidine rings is 1. The number of aliphatic hydroxyl groups is 1. The molecule has 0 aromatic heterocycles. The lowest BCUT2D eigenvalue weighted by molar-refractivity contribution is -0.950. The summed E-state index contributed by atoms with van der Waals surface area (Å²) in [6, 6.07) is 3.23. The van der Waals surface area contributed by atoms with Crippen LogP contribution in [-0.2, 0) is 27.0 Å². The number of likely N-dealkylation sites (N-methyl/N-ethyl adjacent to an activating group) is 1. The molecule has 1 aromatic rings. The Morgan fingerprint density at radius 2 is 2.03 bits per heavy atom. The molecule has 9 heteroatoms. The zero-order valence-electron chi connectivity index (χ0n) is 17.8. The average Bonchev–Trinajstić information content (AvgIpc) is 3.38. The maximum absolute atomic E-state index is 13.0. The molecule has 170 valence electrons. The highest BCUT2D eigenvalue weighted by Gasteiger charge is 2.76. The van der Waals surface area contributed by atoms with E-state index in [0.29, 0.717) is 30.7 Å². The van der Waals surface area contributed by atoms with Crippen LogP contribution in [0.25, 0.3) is 0 Å². The summed E-state index contributed by atoms with van der Waals surface area (Å²) < 4.78 is 43.6. The molecule has 2 N–H and O–H groups in total. The second-order valence-corrected chi connectivity index (χ2v) is 11.1.